The van der Waals surface area contributed by atoms with Gasteiger partial charge in [-0.25, -0.2) is 0 Å². The Hall–Kier alpha value is -0.630. The highest BCUT2D eigenvalue weighted by molar-refractivity contribution is 7.11. The second-order valence-electron chi connectivity index (χ2n) is 3.82. The molecule has 1 aromatic rings. The number of rotatable bonds is 8. The van der Waals surface area contributed by atoms with Crippen LogP contribution in [0.15, 0.2) is 22.5 Å². The summed E-state index contributed by atoms with van der Waals surface area (Å²) in [7, 11) is 0. The first kappa shape index (κ1) is 12.4. The van der Waals surface area contributed by atoms with E-state index in [9.17, 15) is 0 Å². The van der Waals surface area contributed by atoms with Gasteiger partial charge in [-0.1, -0.05) is 45.1 Å². The maximum atomic E-state index is 4.42. The molecule has 0 atom stereocenters. The molecule has 0 saturated heterocycles. The van der Waals surface area contributed by atoms with Crippen molar-refractivity contribution in [3.63, 3.8) is 0 Å². The lowest BCUT2D eigenvalue weighted by Crippen LogP contribution is -1.84. The maximum Gasteiger partial charge on any atom is 0.0448 e. The Morgan fingerprint density at radius 1 is 1.20 bits per heavy atom. The predicted octanol–water partition coefficient (Wildman–Crippen LogP) is 4.53. The van der Waals surface area contributed by atoms with Gasteiger partial charge in [0.05, 0.1) is 0 Å². The predicted molar refractivity (Wildman–Crippen MR) is 70.2 cm³/mol. The first-order chi connectivity index (χ1) is 7.43. The minimum atomic E-state index is 0.990. The van der Waals surface area contributed by atoms with Crippen molar-refractivity contribution in [1.82, 2.24) is 0 Å². The van der Waals surface area contributed by atoms with Crippen molar-refractivity contribution in [2.24, 2.45) is 4.99 Å². The van der Waals surface area contributed by atoms with Crippen LogP contribution in [0.4, 0.5) is 0 Å². The van der Waals surface area contributed by atoms with E-state index < -0.39 is 0 Å². The molecule has 2 heteroatoms. The van der Waals surface area contributed by atoms with Gasteiger partial charge in [-0.3, -0.25) is 4.99 Å². The van der Waals surface area contributed by atoms with Crippen LogP contribution >= 0.6 is 11.3 Å². The van der Waals surface area contributed by atoms with E-state index in [2.05, 4.69) is 29.4 Å². The largest absolute Gasteiger partial charge is 0.292 e. The summed E-state index contributed by atoms with van der Waals surface area (Å²) in [4.78, 5) is 5.68. The molecule has 1 rings (SSSR count). The normalized spacial score (nSPS) is 11.3. The summed E-state index contributed by atoms with van der Waals surface area (Å²) in [6, 6.07) is 4.17. The first-order valence-electron chi connectivity index (χ1n) is 5.97. The van der Waals surface area contributed by atoms with Crippen LogP contribution in [0.1, 0.15) is 50.3 Å². The van der Waals surface area contributed by atoms with Crippen LogP contribution in [0.5, 0.6) is 0 Å². The van der Waals surface area contributed by atoms with Crippen molar-refractivity contribution in [3.8, 4) is 0 Å². The van der Waals surface area contributed by atoms with Crippen LogP contribution in [0.3, 0.4) is 0 Å². The summed E-state index contributed by atoms with van der Waals surface area (Å²) in [5.74, 6) is 0. The fourth-order valence-corrected chi connectivity index (χ4v) is 2.11. The average Bonchev–Trinajstić information content (AvgIpc) is 2.75. The summed E-state index contributed by atoms with van der Waals surface area (Å²) in [5, 5.41) is 2.09. The maximum absolute atomic E-state index is 4.42. The van der Waals surface area contributed by atoms with Crippen molar-refractivity contribution in [3.05, 3.63) is 22.4 Å². The van der Waals surface area contributed by atoms with E-state index in [1.54, 1.807) is 11.3 Å². The molecule has 0 aromatic carbocycles. The lowest BCUT2D eigenvalue weighted by atomic mass is 10.1. The van der Waals surface area contributed by atoms with Crippen LogP contribution in [-0.2, 0) is 0 Å². The van der Waals surface area contributed by atoms with E-state index in [1.165, 1.54) is 43.4 Å². The number of aliphatic imine (C=N–C) groups is 1. The first-order valence-corrected chi connectivity index (χ1v) is 6.85. The summed E-state index contributed by atoms with van der Waals surface area (Å²) < 4.78 is 0. The molecule has 1 nitrogen and oxygen atoms in total. The fraction of sp³-hybridized carbons (Fsp3) is 0.615. The molecule has 15 heavy (non-hydrogen) atoms. The van der Waals surface area contributed by atoms with Crippen molar-refractivity contribution in [1.29, 1.82) is 0 Å². The van der Waals surface area contributed by atoms with Crippen molar-refractivity contribution < 1.29 is 0 Å². The SMILES string of the molecule is CCCCCCCCN=Cc1cccs1. The molecule has 0 saturated carbocycles. The zero-order valence-electron chi connectivity index (χ0n) is 9.61. The van der Waals surface area contributed by atoms with Gasteiger partial charge in [-0.05, 0) is 17.9 Å². The molecule has 1 aromatic heterocycles. The Morgan fingerprint density at radius 2 is 2.00 bits per heavy atom. The Balaban J connectivity index is 1.93. The molecule has 0 amide bonds. The van der Waals surface area contributed by atoms with Gasteiger partial charge in [0, 0.05) is 17.6 Å². The number of nitrogens with zero attached hydrogens (tertiary/aromatic N) is 1. The molecule has 1 heterocycles. The van der Waals surface area contributed by atoms with Gasteiger partial charge in [-0.15, -0.1) is 11.3 Å². The van der Waals surface area contributed by atoms with Gasteiger partial charge < -0.3 is 0 Å². The molecular formula is C13H21NS. The summed E-state index contributed by atoms with van der Waals surface area (Å²) in [5.41, 5.74) is 0. The van der Waals surface area contributed by atoms with E-state index >= 15 is 0 Å². The van der Waals surface area contributed by atoms with Crippen LogP contribution in [-0.4, -0.2) is 12.8 Å². The quantitative estimate of drug-likeness (QED) is 0.453. The van der Waals surface area contributed by atoms with Crippen molar-refractivity contribution >= 4 is 17.6 Å². The van der Waals surface area contributed by atoms with Gasteiger partial charge in [0.1, 0.15) is 0 Å². The van der Waals surface area contributed by atoms with Crippen molar-refractivity contribution in [2.45, 2.75) is 45.4 Å². The molecule has 0 radical (unpaired) electrons. The lowest BCUT2D eigenvalue weighted by molar-refractivity contribution is 0.612. The van der Waals surface area contributed by atoms with Gasteiger partial charge in [-0.2, -0.15) is 0 Å². The number of unbranched alkanes of at least 4 members (excludes halogenated alkanes) is 5. The van der Waals surface area contributed by atoms with Gasteiger partial charge in [0.2, 0.25) is 0 Å². The molecular weight excluding hydrogens is 202 g/mol. The van der Waals surface area contributed by atoms with Crippen LogP contribution in [0.25, 0.3) is 0 Å². The molecule has 84 valence electrons. The highest BCUT2D eigenvalue weighted by Gasteiger charge is 1.89. The topological polar surface area (TPSA) is 12.4 Å². The number of thiophene rings is 1. The number of hydrogen-bond donors (Lipinski definition) is 0. The van der Waals surface area contributed by atoms with E-state index in [-0.39, 0.29) is 0 Å². The van der Waals surface area contributed by atoms with Gasteiger partial charge in [0.15, 0.2) is 0 Å². The monoisotopic (exact) mass is 223 g/mol. The van der Waals surface area contributed by atoms with E-state index in [0.717, 1.165) is 6.54 Å². The van der Waals surface area contributed by atoms with E-state index in [4.69, 9.17) is 0 Å². The number of hydrogen-bond acceptors (Lipinski definition) is 2. The molecule has 0 aliphatic carbocycles. The second kappa shape index (κ2) is 8.66. The lowest BCUT2D eigenvalue weighted by Gasteiger charge is -1.97. The minimum Gasteiger partial charge on any atom is -0.292 e. The molecule has 0 aliphatic rings. The van der Waals surface area contributed by atoms with Crippen LogP contribution in [0, 0.1) is 0 Å². The minimum absolute atomic E-state index is 0.990. The molecule has 0 bridgehead atoms. The third kappa shape index (κ3) is 6.45. The third-order valence-electron chi connectivity index (χ3n) is 2.40. The zero-order chi connectivity index (χ0) is 10.8. The fourth-order valence-electron chi connectivity index (χ4n) is 1.50. The summed E-state index contributed by atoms with van der Waals surface area (Å²) >= 11 is 1.75. The van der Waals surface area contributed by atoms with Gasteiger partial charge in [0.25, 0.3) is 0 Å². The Morgan fingerprint density at radius 3 is 2.73 bits per heavy atom. The standard InChI is InChI=1S/C13H21NS/c1-2-3-4-5-6-7-10-14-12-13-9-8-11-15-13/h8-9,11-12H,2-7,10H2,1H3. The van der Waals surface area contributed by atoms with Gasteiger partial charge >= 0.3 is 0 Å². The second-order valence-corrected chi connectivity index (χ2v) is 4.80. The highest BCUT2D eigenvalue weighted by Crippen LogP contribution is 2.06. The van der Waals surface area contributed by atoms with E-state index in [1.807, 2.05) is 6.21 Å². The van der Waals surface area contributed by atoms with Crippen LogP contribution < -0.4 is 0 Å². The Kier molecular flexibility index (Phi) is 7.18. The summed E-state index contributed by atoms with van der Waals surface area (Å²) in [6.07, 6.45) is 10.1. The molecule has 0 unspecified atom stereocenters. The summed E-state index contributed by atoms with van der Waals surface area (Å²) in [6.45, 7) is 3.25. The van der Waals surface area contributed by atoms with Crippen LogP contribution in [0.2, 0.25) is 0 Å². The van der Waals surface area contributed by atoms with Crippen molar-refractivity contribution in [2.75, 3.05) is 6.54 Å². The molecule has 0 spiro atoms. The smallest absolute Gasteiger partial charge is 0.0448 e. The van der Waals surface area contributed by atoms with E-state index in [0.29, 0.717) is 0 Å². The highest BCUT2D eigenvalue weighted by atomic mass is 32.1. The molecule has 0 fully saturated rings. The Labute approximate surface area is 97.3 Å². The zero-order valence-corrected chi connectivity index (χ0v) is 10.4. The third-order valence-corrected chi connectivity index (χ3v) is 3.21. The Bertz CT molecular complexity index is 252. The molecule has 0 N–H and O–H groups in total. The average molecular weight is 223 g/mol. The molecule has 0 aliphatic heterocycles.